The topological polar surface area (TPSA) is 17.1 Å². The minimum Gasteiger partial charge on any atom is -0.195 e. The Hall–Kier alpha value is -6.82. The van der Waals surface area contributed by atoms with E-state index in [0.717, 1.165) is 0 Å². The Balaban J connectivity index is 1.33. The maximum absolute atomic E-state index is 2.95. The smallest absolute Gasteiger partial charge is 0.195 e. The highest BCUT2D eigenvalue weighted by Gasteiger charge is 2.68. The van der Waals surface area contributed by atoms with Crippen molar-refractivity contribution in [3.8, 4) is 5.82 Å². The van der Waals surface area contributed by atoms with Gasteiger partial charge in [-0.25, -0.2) is 0 Å². The number of benzene rings is 7. The van der Waals surface area contributed by atoms with Gasteiger partial charge >= 0.3 is 5.66 Å². The molecule has 248 valence electrons. The van der Waals surface area contributed by atoms with Crippen molar-refractivity contribution in [2.45, 2.75) is 5.66 Å². The van der Waals surface area contributed by atoms with Crippen LogP contribution in [0.2, 0.25) is 0 Å². The molecule has 0 N–H and O–H groups in total. The van der Waals surface area contributed by atoms with Crippen molar-refractivity contribution < 1.29 is 9.13 Å². The fourth-order valence-corrected chi connectivity index (χ4v) is 16.6. The zero-order valence-electron chi connectivity index (χ0n) is 29.1. The second kappa shape index (κ2) is 9.21. The van der Waals surface area contributed by atoms with Crippen LogP contribution in [-0.2, 0) is 5.66 Å². The quantitative estimate of drug-likeness (QED) is 0.0828. The van der Waals surface area contributed by atoms with Gasteiger partial charge in [0, 0.05) is 27.6 Å². The number of fused-ring (bicyclic) bond motifs is 9. The minimum absolute atomic E-state index is 0.654. The molecule has 0 aliphatic carbocycles. The predicted octanol–water partition coefficient (Wildman–Crippen LogP) is 6.69. The molecule has 0 saturated heterocycles. The highest BCUT2D eigenvalue weighted by atomic mass is 28.3. The molecule has 0 fully saturated rings. The summed E-state index contributed by atoms with van der Waals surface area (Å²) >= 11 is 0. The summed E-state index contributed by atoms with van der Waals surface area (Å²) in [6.07, 6.45) is 7.03. The number of nitrogens with zero attached hydrogens (tertiary/aromatic N) is 4. The molecule has 54 heavy (non-hydrogen) atoms. The fraction of sp³-hybridized carbons (Fsp3) is 0.0204. The van der Waals surface area contributed by atoms with Crippen molar-refractivity contribution in [3.05, 3.63) is 194 Å². The predicted molar refractivity (Wildman–Crippen MR) is 220 cm³/mol. The molecular formula is C49H30N4Si+2. The maximum atomic E-state index is 2.64. The molecule has 0 amide bonds. The highest BCUT2D eigenvalue weighted by Crippen LogP contribution is 2.49. The van der Waals surface area contributed by atoms with Gasteiger partial charge in [0.25, 0.3) is 11.5 Å². The van der Waals surface area contributed by atoms with E-state index in [1.54, 1.807) is 0 Å². The van der Waals surface area contributed by atoms with Crippen LogP contribution in [0.5, 0.6) is 0 Å². The number of imidazole rings is 1. The first kappa shape index (κ1) is 27.8. The number of hydrogen-bond acceptors (Lipinski definition) is 0. The third-order valence-electron chi connectivity index (χ3n) is 13.2. The van der Waals surface area contributed by atoms with Crippen molar-refractivity contribution in [3.63, 3.8) is 0 Å². The van der Waals surface area contributed by atoms with Crippen molar-refractivity contribution in [2.24, 2.45) is 0 Å². The third-order valence-corrected chi connectivity index (χ3v) is 18.0. The van der Waals surface area contributed by atoms with E-state index in [-0.39, 0.29) is 0 Å². The summed E-state index contributed by atoms with van der Waals surface area (Å²) in [5.74, 6) is 1.18. The minimum atomic E-state index is -2.95. The van der Waals surface area contributed by atoms with E-state index >= 15 is 0 Å². The van der Waals surface area contributed by atoms with Gasteiger partial charge in [-0.15, -0.1) is 0 Å². The number of pyridine rings is 2. The SMILES string of the molecule is c1ccc([Si]2(c3ccccc3)c3ccc4c5cc6ccccc6cc5n5cc[n+]6c5c4c3C63c4c2ccc2c5ccccc5n(c42)-c2cccc[n+]23)cc1. The summed E-state index contributed by atoms with van der Waals surface area (Å²) in [5.41, 5.74) is 7.23. The van der Waals surface area contributed by atoms with Gasteiger partial charge in [-0.05, 0) is 67.9 Å². The zero-order chi connectivity index (χ0) is 34.9. The molecule has 4 aromatic heterocycles. The molecule has 1 atom stereocenters. The van der Waals surface area contributed by atoms with Crippen molar-refractivity contribution in [2.75, 3.05) is 0 Å². The van der Waals surface area contributed by atoms with E-state index < -0.39 is 13.7 Å². The van der Waals surface area contributed by atoms with Gasteiger partial charge in [0.05, 0.1) is 22.7 Å². The molecular weight excluding hydrogens is 673 g/mol. The van der Waals surface area contributed by atoms with Gasteiger partial charge in [-0.3, -0.25) is 0 Å². The molecule has 3 aliphatic rings. The Labute approximate surface area is 310 Å². The first-order valence-electron chi connectivity index (χ1n) is 18.9. The summed E-state index contributed by atoms with van der Waals surface area (Å²) in [7, 11) is -2.95. The van der Waals surface area contributed by atoms with Crippen LogP contribution in [0, 0.1) is 0 Å². The Morgan fingerprint density at radius 2 is 1.15 bits per heavy atom. The van der Waals surface area contributed by atoms with Crippen LogP contribution in [0.4, 0.5) is 0 Å². The Kier molecular flexibility index (Phi) is 4.74. The lowest BCUT2D eigenvalue weighted by molar-refractivity contribution is -0.956. The molecule has 1 unspecified atom stereocenters. The number of hydrogen-bond donors (Lipinski definition) is 0. The van der Waals surface area contributed by atoms with Gasteiger partial charge in [0.1, 0.15) is 23.4 Å². The summed E-state index contributed by atoms with van der Waals surface area (Å²) in [6, 6.07) is 62.3. The average Bonchev–Trinajstić information content (AvgIpc) is 3.92. The first-order valence-corrected chi connectivity index (χ1v) is 20.9. The van der Waals surface area contributed by atoms with Gasteiger partial charge in [0.15, 0.2) is 13.6 Å². The Morgan fingerprint density at radius 1 is 0.481 bits per heavy atom. The van der Waals surface area contributed by atoms with Crippen LogP contribution in [0.15, 0.2) is 182 Å². The summed E-state index contributed by atoms with van der Waals surface area (Å²) in [4.78, 5) is 0. The summed E-state index contributed by atoms with van der Waals surface area (Å²) in [5, 5.41) is 14.8. The second-order valence-corrected chi connectivity index (χ2v) is 19.0. The summed E-state index contributed by atoms with van der Waals surface area (Å²) in [6.45, 7) is 0. The number of rotatable bonds is 2. The van der Waals surface area contributed by atoms with Crippen molar-refractivity contribution in [1.82, 2.24) is 8.97 Å². The lowest BCUT2D eigenvalue weighted by Gasteiger charge is -2.45. The van der Waals surface area contributed by atoms with E-state index in [1.165, 1.54) is 97.6 Å². The van der Waals surface area contributed by atoms with Crippen LogP contribution in [0.25, 0.3) is 65.7 Å². The summed E-state index contributed by atoms with van der Waals surface area (Å²) < 4.78 is 10.3. The highest BCUT2D eigenvalue weighted by molar-refractivity contribution is 7.20. The second-order valence-electron chi connectivity index (χ2n) is 15.3. The van der Waals surface area contributed by atoms with E-state index in [0.29, 0.717) is 0 Å². The molecule has 14 rings (SSSR count). The van der Waals surface area contributed by atoms with Crippen LogP contribution in [-0.4, -0.2) is 17.0 Å². The largest absolute Gasteiger partial charge is 0.311 e. The van der Waals surface area contributed by atoms with Crippen molar-refractivity contribution >= 4 is 88.7 Å². The van der Waals surface area contributed by atoms with Gasteiger partial charge < -0.3 is 0 Å². The molecule has 1 spiro atoms. The fourth-order valence-electron chi connectivity index (χ4n) is 11.3. The molecule has 11 aromatic rings. The van der Waals surface area contributed by atoms with Crippen LogP contribution >= 0.6 is 0 Å². The van der Waals surface area contributed by atoms with E-state index in [1.807, 2.05) is 0 Å². The maximum Gasteiger partial charge on any atom is 0.311 e. The van der Waals surface area contributed by atoms with Crippen molar-refractivity contribution in [1.29, 1.82) is 0 Å². The molecule has 7 heterocycles. The monoisotopic (exact) mass is 702 g/mol. The Morgan fingerprint density at radius 3 is 1.94 bits per heavy atom. The van der Waals surface area contributed by atoms with E-state index in [2.05, 4.69) is 200 Å². The van der Waals surface area contributed by atoms with E-state index in [9.17, 15) is 0 Å². The standard InChI is InChI=1S/C49H30N4Si/c1-3-15-33(16-4-1)54(34-17-5-2-6-18-34)41-24-22-36-38-29-31-13-7-8-14-32(31)30-40(38)50-27-28-52-48(50)44(36)45(41)49(52)46-42(54)25-23-37-35-19-9-10-20-39(35)53(47(37)46)43-21-11-12-26-51(43)49/h1-30H/q+2. The molecule has 3 aliphatic heterocycles. The van der Waals surface area contributed by atoms with Gasteiger partial charge in [-0.1, -0.05) is 121 Å². The average molecular weight is 703 g/mol. The zero-order valence-corrected chi connectivity index (χ0v) is 30.1. The normalized spacial score (nSPS) is 17.1. The third kappa shape index (κ3) is 2.81. The van der Waals surface area contributed by atoms with Crippen LogP contribution < -0.4 is 29.9 Å². The molecule has 5 heteroatoms. The van der Waals surface area contributed by atoms with Gasteiger partial charge in [-0.2, -0.15) is 18.1 Å². The van der Waals surface area contributed by atoms with Crippen LogP contribution in [0.3, 0.4) is 0 Å². The van der Waals surface area contributed by atoms with Gasteiger partial charge in [0.2, 0.25) is 0 Å². The molecule has 7 aromatic carbocycles. The lowest BCUT2D eigenvalue weighted by atomic mass is 9.85. The number of aromatic nitrogens is 4. The first-order chi connectivity index (χ1) is 26.8. The van der Waals surface area contributed by atoms with Crippen LogP contribution in [0.1, 0.15) is 11.1 Å². The molecule has 0 bridgehead atoms. The Bertz CT molecular complexity index is 3470. The van der Waals surface area contributed by atoms with E-state index in [4.69, 9.17) is 0 Å². The molecule has 4 nitrogen and oxygen atoms in total. The molecule has 0 saturated carbocycles. The molecule has 0 radical (unpaired) electrons. The number of para-hydroxylation sites is 1. The lowest BCUT2D eigenvalue weighted by Crippen LogP contribution is -2.86.